The summed E-state index contributed by atoms with van der Waals surface area (Å²) in [6.07, 6.45) is 4.59. The first-order chi connectivity index (χ1) is 11.1. The van der Waals surface area contributed by atoms with Crippen LogP contribution in [0.25, 0.3) is 0 Å². The second-order valence-electron chi connectivity index (χ2n) is 5.73. The van der Waals surface area contributed by atoms with Gasteiger partial charge in [-0.1, -0.05) is 45.2 Å². The van der Waals surface area contributed by atoms with Crippen LogP contribution < -0.4 is 10.7 Å². The van der Waals surface area contributed by atoms with Gasteiger partial charge in [-0.05, 0) is 36.7 Å². The van der Waals surface area contributed by atoms with Crippen LogP contribution in [-0.2, 0) is 0 Å². The molecule has 2 amide bonds. The SMILES string of the molecule is CCCC[C@@H](CC)CNC(=S)NN1C(=O)c2ccccc2C1=O. The van der Waals surface area contributed by atoms with Gasteiger partial charge in [0.2, 0.25) is 0 Å². The minimum Gasteiger partial charge on any atom is -0.361 e. The Morgan fingerprint density at radius 1 is 1.17 bits per heavy atom. The van der Waals surface area contributed by atoms with Crippen molar-refractivity contribution in [3.63, 3.8) is 0 Å². The first-order valence-corrected chi connectivity index (χ1v) is 8.51. The summed E-state index contributed by atoms with van der Waals surface area (Å²) in [4.78, 5) is 24.5. The maximum Gasteiger partial charge on any atom is 0.280 e. The normalized spacial score (nSPS) is 14.6. The van der Waals surface area contributed by atoms with Crippen LogP contribution in [0.1, 0.15) is 60.2 Å². The van der Waals surface area contributed by atoms with E-state index in [-0.39, 0.29) is 11.8 Å². The fraction of sp³-hybridized carbons (Fsp3) is 0.471. The molecular weight excluding hydrogens is 310 g/mol. The van der Waals surface area contributed by atoms with Crippen molar-refractivity contribution in [1.82, 2.24) is 15.8 Å². The largest absolute Gasteiger partial charge is 0.361 e. The average molecular weight is 333 g/mol. The first-order valence-electron chi connectivity index (χ1n) is 8.10. The van der Waals surface area contributed by atoms with Crippen LogP contribution in [0.2, 0.25) is 0 Å². The molecule has 1 atom stereocenters. The third-order valence-electron chi connectivity index (χ3n) is 4.10. The van der Waals surface area contributed by atoms with Crippen molar-refractivity contribution in [2.45, 2.75) is 39.5 Å². The molecule has 0 fully saturated rings. The third kappa shape index (κ3) is 4.07. The van der Waals surface area contributed by atoms with Crippen LogP contribution in [0.5, 0.6) is 0 Å². The number of hydrogen-bond acceptors (Lipinski definition) is 3. The Morgan fingerprint density at radius 3 is 2.30 bits per heavy atom. The standard InChI is InChI=1S/C17H23N3O2S/c1-3-5-8-12(4-2)11-18-17(23)19-20-15(21)13-9-6-7-10-14(13)16(20)22/h6-7,9-10,12H,3-5,8,11H2,1-2H3,(H2,18,19,23)/t12-/m1/s1. The lowest BCUT2D eigenvalue weighted by Gasteiger charge is -2.20. The Hall–Kier alpha value is -1.95. The highest BCUT2D eigenvalue weighted by Crippen LogP contribution is 2.20. The number of fused-ring (bicyclic) bond motifs is 1. The molecule has 124 valence electrons. The Balaban J connectivity index is 1.89. The van der Waals surface area contributed by atoms with Crippen LogP contribution in [-0.4, -0.2) is 28.5 Å². The van der Waals surface area contributed by atoms with E-state index in [4.69, 9.17) is 12.2 Å². The molecule has 0 unspecified atom stereocenters. The lowest BCUT2D eigenvalue weighted by Crippen LogP contribution is -2.50. The predicted molar refractivity (Wildman–Crippen MR) is 94.0 cm³/mol. The van der Waals surface area contributed by atoms with Crippen molar-refractivity contribution in [3.05, 3.63) is 35.4 Å². The number of nitrogens with zero attached hydrogens (tertiary/aromatic N) is 1. The second-order valence-corrected chi connectivity index (χ2v) is 6.14. The van der Waals surface area contributed by atoms with E-state index < -0.39 is 0 Å². The Morgan fingerprint density at radius 2 is 1.78 bits per heavy atom. The van der Waals surface area contributed by atoms with E-state index in [2.05, 4.69) is 24.6 Å². The van der Waals surface area contributed by atoms with E-state index >= 15 is 0 Å². The molecule has 0 bridgehead atoms. The number of hydrazine groups is 1. The zero-order valence-electron chi connectivity index (χ0n) is 13.6. The molecule has 0 radical (unpaired) electrons. The molecule has 0 saturated heterocycles. The number of carbonyl (C=O) groups excluding carboxylic acids is 2. The van der Waals surface area contributed by atoms with Crippen LogP contribution >= 0.6 is 12.2 Å². The van der Waals surface area contributed by atoms with Gasteiger partial charge in [-0.3, -0.25) is 15.0 Å². The van der Waals surface area contributed by atoms with Gasteiger partial charge in [-0.2, -0.15) is 5.01 Å². The molecule has 1 aromatic carbocycles. The van der Waals surface area contributed by atoms with Gasteiger partial charge in [-0.25, -0.2) is 0 Å². The quantitative estimate of drug-likeness (QED) is 0.593. The molecule has 0 aliphatic carbocycles. The molecule has 1 aromatic rings. The van der Waals surface area contributed by atoms with Crippen LogP contribution in [0.15, 0.2) is 24.3 Å². The molecular formula is C17H23N3O2S. The Bertz CT molecular complexity index is 568. The molecule has 1 aliphatic heterocycles. The summed E-state index contributed by atoms with van der Waals surface area (Å²) in [7, 11) is 0. The number of amides is 2. The summed E-state index contributed by atoms with van der Waals surface area (Å²) in [6, 6.07) is 6.77. The van der Waals surface area contributed by atoms with E-state index in [1.165, 1.54) is 12.8 Å². The highest BCUT2D eigenvalue weighted by atomic mass is 32.1. The van der Waals surface area contributed by atoms with Gasteiger partial charge in [-0.15, -0.1) is 0 Å². The fourth-order valence-electron chi connectivity index (χ4n) is 2.61. The number of imide groups is 1. The lowest BCUT2D eigenvalue weighted by atomic mass is 9.99. The summed E-state index contributed by atoms with van der Waals surface area (Å²) < 4.78 is 0. The molecule has 5 nitrogen and oxygen atoms in total. The summed E-state index contributed by atoms with van der Waals surface area (Å²) in [5, 5.41) is 4.39. The molecule has 2 rings (SSSR count). The smallest absolute Gasteiger partial charge is 0.280 e. The van der Waals surface area contributed by atoms with Crippen LogP contribution in [0.3, 0.4) is 0 Å². The summed E-state index contributed by atoms with van der Waals surface area (Å²) in [6.45, 7) is 5.07. The van der Waals surface area contributed by atoms with Crippen molar-refractivity contribution in [3.8, 4) is 0 Å². The van der Waals surface area contributed by atoms with Gasteiger partial charge in [0, 0.05) is 6.54 Å². The number of carbonyl (C=O) groups is 2. The lowest BCUT2D eigenvalue weighted by molar-refractivity contribution is 0.0611. The fourth-order valence-corrected chi connectivity index (χ4v) is 2.79. The maximum atomic E-state index is 12.2. The van der Waals surface area contributed by atoms with Crippen molar-refractivity contribution in [2.75, 3.05) is 6.54 Å². The zero-order valence-corrected chi connectivity index (χ0v) is 14.4. The molecule has 1 heterocycles. The minimum absolute atomic E-state index is 0.300. The molecule has 6 heteroatoms. The Labute approximate surface area is 142 Å². The topological polar surface area (TPSA) is 61.4 Å². The van der Waals surface area contributed by atoms with E-state index in [9.17, 15) is 9.59 Å². The average Bonchev–Trinajstić information content (AvgIpc) is 2.80. The van der Waals surface area contributed by atoms with Crippen molar-refractivity contribution < 1.29 is 9.59 Å². The second kappa shape index (κ2) is 8.06. The molecule has 0 saturated carbocycles. The van der Waals surface area contributed by atoms with E-state index in [0.717, 1.165) is 24.4 Å². The summed E-state index contributed by atoms with van der Waals surface area (Å²) in [5.41, 5.74) is 3.53. The molecule has 0 spiro atoms. The number of nitrogens with one attached hydrogen (secondary N) is 2. The van der Waals surface area contributed by atoms with Gasteiger partial charge in [0.05, 0.1) is 11.1 Å². The number of benzene rings is 1. The highest BCUT2D eigenvalue weighted by molar-refractivity contribution is 7.80. The molecule has 0 aromatic heterocycles. The Kier molecular flexibility index (Phi) is 6.10. The van der Waals surface area contributed by atoms with Gasteiger partial charge >= 0.3 is 0 Å². The molecule has 1 aliphatic rings. The van der Waals surface area contributed by atoms with Crippen LogP contribution in [0.4, 0.5) is 0 Å². The van der Waals surface area contributed by atoms with Gasteiger partial charge in [0.15, 0.2) is 5.11 Å². The van der Waals surface area contributed by atoms with Crippen molar-refractivity contribution in [1.29, 1.82) is 0 Å². The van der Waals surface area contributed by atoms with Crippen molar-refractivity contribution >= 4 is 29.1 Å². The van der Waals surface area contributed by atoms with Gasteiger partial charge in [0.1, 0.15) is 0 Å². The van der Waals surface area contributed by atoms with Crippen LogP contribution in [0, 0.1) is 5.92 Å². The van der Waals surface area contributed by atoms with Gasteiger partial charge in [0.25, 0.3) is 11.8 Å². The molecule has 2 N–H and O–H groups in total. The van der Waals surface area contributed by atoms with E-state index in [0.29, 0.717) is 22.2 Å². The summed E-state index contributed by atoms with van der Waals surface area (Å²) in [5.74, 6) is -0.197. The monoisotopic (exact) mass is 333 g/mol. The van der Waals surface area contributed by atoms with E-state index in [1.807, 2.05) is 0 Å². The molecule has 23 heavy (non-hydrogen) atoms. The summed E-state index contributed by atoms with van der Waals surface area (Å²) >= 11 is 5.22. The highest BCUT2D eigenvalue weighted by Gasteiger charge is 2.35. The maximum absolute atomic E-state index is 12.2. The van der Waals surface area contributed by atoms with Crippen molar-refractivity contribution in [2.24, 2.45) is 5.92 Å². The number of hydrogen-bond donors (Lipinski definition) is 2. The van der Waals surface area contributed by atoms with Gasteiger partial charge < -0.3 is 5.32 Å². The third-order valence-corrected chi connectivity index (χ3v) is 4.34. The number of thiocarbonyl (C=S) groups is 1. The first kappa shape index (κ1) is 17.4. The number of unbranched alkanes of at least 4 members (excludes halogenated alkanes) is 1. The minimum atomic E-state index is -0.368. The predicted octanol–water partition coefficient (Wildman–Crippen LogP) is 2.88. The van der Waals surface area contributed by atoms with E-state index in [1.54, 1.807) is 24.3 Å². The number of rotatable bonds is 7. The zero-order chi connectivity index (χ0) is 16.8.